The molecular formula is C116H129ClN12O16. The van der Waals surface area contributed by atoms with Crippen LogP contribution < -0.4 is 32.3 Å². The molecule has 0 unspecified atom stereocenters. The van der Waals surface area contributed by atoms with Gasteiger partial charge in [-0.05, 0) is 165 Å². The summed E-state index contributed by atoms with van der Waals surface area (Å²) in [6.45, 7) is 25.0. The zero-order valence-corrected chi connectivity index (χ0v) is 85.1. The van der Waals surface area contributed by atoms with Gasteiger partial charge in [-0.3, -0.25) is 14.4 Å². The monoisotopic (exact) mass is 1980 g/mol. The van der Waals surface area contributed by atoms with Crippen LogP contribution in [-0.2, 0) is 102 Å². The molecule has 0 fully saturated rings. The number of carbonyl (C=O) groups is 9. The summed E-state index contributed by atoms with van der Waals surface area (Å²) in [6.07, 6.45) is 8.42. The van der Waals surface area contributed by atoms with Gasteiger partial charge in [0.05, 0.1) is 36.1 Å². The second-order valence-corrected chi connectivity index (χ2v) is 39.2. The van der Waals surface area contributed by atoms with E-state index in [1.54, 1.807) is 109 Å². The molecule has 0 spiro atoms. The van der Waals surface area contributed by atoms with E-state index < -0.39 is 116 Å². The predicted octanol–water partition coefficient (Wildman–Crippen LogP) is 19.1. The number of nitrogens with one attached hydrogen (secondary N) is 5. The van der Waals surface area contributed by atoms with Crippen LogP contribution in [0.5, 0.6) is 0 Å². The highest BCUT2D eigenvalue weighted by atomic mass is 35.5. The number of nitrogens with two attached hydrogens (primary N) is 1. The third kappa shape index (κ3) is 30.0. The molecule has 28 nitrogen and oxygen atoms in total. The first-order chi connectivity index (χ1) is 68.4. The van der Waals surface area contributed by atoms with Gasteiger partial charge in [-0.15, -0.1) is 12.4 Å². The summed E-state index contributed by atoms with van der Waals surface area (Å²) in [5.74, 6) is -4.64. The maximum absolute atomic E-state index is 13.9. The molecule has 0 aliphatic carbocycles. The van der Waals surface area contributed by atoms with Crippen molar-refractivity contribution in [1.82, 2.24) is 55.2 Å². The molecule has 0 bridgehead atoms. The van der Waals surface area contributed by atoms with Gasteiger partial charge in [0.15, 0.2) is 0 Å². The number of nitrogens with zero attached hydrogens (tertiary/aromatic N) is 6. The fourth-order valence-corrected chi connectivity index (χ4v) is 16.2. The Morgan fingerprint density at radius 1 is 0.303 bits per heavy atom. The van der Waals surface area contributed by atoms with E-state index >= 15 is 0 Å². The molecule has 0 radical (unpaired) electrons. The Labute approximate surface area is 853 Å². The number of hydrogen-bond acceptors (Lipinski definition) is 18. The molecule has 5 amide bonds. The minimum absolute atomic E-state index is 0. The Morgan fingerprint density at radius 2 is 0.510 bits per heavy atom. The van der Waals surface area contributed by atoms with Gasteiger partial charge in [0.2, 0.25) is 11.8 Å². The number of hydrogen-bond donors (Lipinski definition) is 8. The number of imidazole rings is 3. The lowest BCUT2D eigenvalue weighted by molar-refractivity contribution is -0.153. The fraction of sp³-hybridized carbons (Fsp3) is 0.276. The average molecular weight is 1980 g/mol. The largest absolute Gasteiger partial charge is 0.480 e. The number of aliphatic carboxylic acids is 2. The Balaban J connectivity index is 0.000000210. The molecule has 0 saturated heterocycles. The Bertz CT molecular complexity index is 6230. The summed E-state index contributed by atoms with van der Waals surface area (Å²) in [6, 6.07) is 106. The molecule has 3 aromatic heterocycles. The minimum atomic E-state index is -1.56. The van der Waals surface area contributed by atoms with Gasteiger partial charge in [-0.1, -0.05) is 334 Å². The van der Waals surface area contributed by atoms with Gasteiger partial charge in [0, 0.05) is 37.9 Å². The highest BCUT2D eigenvalue weighted by molar-refractivity contribution is 5.93. The standard InChI is InChI=1S/C41H44N4O5.C34H38N4O5.C30H31N3O4.C11H15NO2.ClH/c1-39(2,3)50-38(48)43-35(36(46)44-40(4,5)37(47)49-28-30-18-10-6-11-19-30)26-34-27-45(29-42-34)41(31-20-12-7-13-21-31,32-22-14-8-15-23-32)33-24-16-9-17-25-33;1-32(2,3)43-31(42)36-28(29(39)37-33(4,5)30(40)41)21-27-22-38(23-35-27)34(24-15-9-6-10-16-24,25-17-11-7-12-18-25)26-19-13-8-14-20-26;1-29(2,3)37-28(36)32-26(27(34)35)19-25-20-33(21-31-25)30(22-13-7-4-8-14-22,23-15-9-5-10-16-23)24-17-11-6-12-18-24;1-11(2,12)10(13)14-8-9-6-4-3-5-7-9;/h6-25,27,29,35H,26,28H2,1-5H3,(H,43,48)(H,44,46);6-20,22-23,28H,21H2,1-5H3,(H,36,42)(H,37,39)(H,40,41);4-18,20-21,26H,19H2,1-3H3,(H,32,36)(H,34,35);3-7H,8,12H2,1-2H3;1H/t35-;28-;26-;;/m000../s1. The highest BCUT2D eigenvalue weighted by Gasteiger charge is 2.44. The molecule has 3 heterocycles. The number of esters is 2. The topological polar surface area (TPSA) is 380 Å². The summed E-state index contributed by atoms with van der Waals surface area (Å²) in [4.78, 5) is 127. The summed E-state index contributed by atoms with van der Waals surface area (Å²) in [7, 11) is 0. The Kier molecular flexibility index (Phi) is 37.9. The first kappa shape index (κ1) is 111. The average Bonchev–Trinajstić information content (AvgIpc) is 1.72. The quantitative estimate of drug-likeness (QED) is 0.0108. The molecule has 14 rings (SSSR count). The molecule has 3 atom stereocenters. The number of carboxylic acids is 2. The maximum Gasteiger partial charge on any atom is 0.408 e. The molecular weight excluding hydrogens is 1850 g/mol. The number of aromatic nitrogens is 6. The molecule has 11 aromatic carbocycles. The smallest absolute Gasteiger partial charge is 0.408 e. The molecule has 145 heavy (non-hydrogen) atoms. The second-order valence-electron chi connectivity index (χ2n) is 39.2. The zero-order valence-electron chi connectivity index (χ0n) is 84.3. The van der Waals surface area contributed by atoms with Crippen LogP contribution >= 0.6 is 12.4 Å². The van der Waals surface area contributed by atoms with Gasteiger partial charge in [-0.2, -0.15) is 0 Å². The minimum Gasteiger partial charge on any atom is -0.480 e. The number of ether oxygens (including phenoxy) is 5. The van der Waals surface area contributed by atoms with Crippen LogP contribution in [0.25, 0.3) is 0 Å². The van der Waals surface area contributed by atoms with Crippen LogP contribution in [0.3, 0.4) is 0 Å². The number of rotatable bonds is 33. The Hall–Kier alpha value is -16.1. The van der Waals surface area contributed by atoms with Crippen molar-refractivity contribution in [2.45, 2.75) is 204 Å². The fourth-order valence-electron chi connectivity index (χ4n) is 16.2. The van der Waals surface area contributed by atoms with E-state index in [4.69, 9.17) is 34.4 Å². The van der Waals surface area contributed by atoms with Crippen LogP contribution in [0.2, 0.25) is 0 Å². The first-order valence-electron chi connectivity index (χ1n) is 47.3. The van der Waals surface area contributed by atoms with E-state index in [1.807, 2.05) is 257 Å². The third-order valence-electron chi connectivity index (χ3n) is 22.9. The predicted molar refractivity (Wildman–Crippen MR) is 559 cm³/mol. The van der Waals surface area contributed by atoms with Gasteiger partial charge in [-0.25, -0.2) is 43.7 Å². The van der Waals surface area contributed by atoms with Crippen LogP contribution in [0.1, 0.15) is 182 Å². The number of halogens is 1. The van der Waals surface area contributed by atoms with Crippen molar-refractivity contribution >= 4 is 66.4 Å². The Morgan fingerprint density at radius 3 is 0.724 bits per heavy atom. The molecule has 9 N–H and O–H groups in total. The SMILES string of the molecule is CC(C)(C)OC(=O)N[C@@H](Cc1cn(C(c2ccccc2)(c2ccccc2)c2ccccc2)cn1)C(=O)NC(C)(C)C(=O)O.CC(C)(C)OC(=O)N[C@@H](Cc1cn(C(c2ccccc2)(c2ccccc2)c2ccccc2)cn1)C(=O)NC(C)(C)C(=O)OCc1ccccc1.CC(C)(C)OC(=O)N[C@@H](Cc1cn(C(c2ccccc2)(c2ccccc2)c2ccccc2)cn1)C(=O)O.CC(C)(N)C(=O)OCc1ccccc1.Cl. The zero-order chi connectivity index (χ0) is 104. The summed E-state index contributed by atoms with van der Waals surface area (Å²) in [5, 5.41) is 32.4. The lowest BCUT2D eigenvalue weighted by Crippen LogP contribution is -2.57. The van der Waals surface area contributed by atoms with Crippen LogP contribution in [0.15, 0.2) is 371 Å². The van der Waals surface area contributed by atoms with Gasteiger partial charge in [0.1, 0.15) is 81.4 Å². The summed E-state index contributed by atoms with van der Waals surface area (Å²) in [5.41, 5.74) is 9.45. The van der Waals surface area contributed by atoms with Gasteiger partial charge in [0.25, 0.3) is 0 Å². The van der Waals surface area contributed by atoms with Gasteiger partial charge >= 0.3 is 42.2 Å². The van der Waals surface area contributed by atoms with Crippen molar-refractivity contribution in [3.05, 3.63) is 450 Å². The molecule has 0 saturated carbocycles. The lowest BCUT2D eigenvalue weighted by Gasteiger charge is -2.37. The van der Waals surface area contributed by atoms with Crippen molar-refractivity contribution < 1.29 is 77.0 Å². The summed E-state index contributed by atoms with van der Waals surface area (Å²) < 4.78 is 32.8. The highest BCUT2D eigenvalue weighted by Crippen LogP contribution is 2.45. The third-order valence-corrected chi connectivity index (χ3v) is 22.9. The maximum atomic E-state index is 13.9. The van der Waals surface area contributed by atoms with Crippen molar-refractivity contribution in [1.29, 1.82) is 0 Å². The molecule has 29 heteroatoms. The van der Waals surface area contributed by atoms with E-state index in [0.29, 0.717) is 17.1 Å². The molecule has 14 aromatic rings. The number of benzene rings is 11. The number of carboxylic acid groups (broad SMARTS) is 2. The lowest BCUT2D eigenvalue weighted by atomic mass is 9.77. The number of carbonyl (C=O) groups excluding carboxylic acids is 7. The van der Waals surface area contributed by atoms with Crippen LogP contribution in [0.4, 0.5) is 14.4 Å². The molecule has 0 aliphatic heterocycles. The van der Waals surface area contributed by atoms with Crippen molar-refractivity contribution in [3.63, 3.8) is 0 Å². The number of amides is 5. The molecule has 756 valence electrons. The van der Waals surface area contributed by atoms with Crippen molar-refractivity contribution in [2.24, 2.45) is 5.73 Å². The van der Waals surface area contributed by atoms with E-state index in [0.717, 1.165) is 61.2 Å². The first-order valence-corrected chi connectivity index (χ1v) is 47.3. The number of alkyl carbamates (subject to hydrolysis) is 3. The van der Waals surface area contributed by atoms with Gasteiger partial charge < -0.3 is 79.9 Å². The second kappa shape index (κ2) is 49.6. The normalized spacial score (nSPS) is 12.3. The molecule has 0 aliphatic rings. The van der Waals surface area contributed by atoms with Crippen molar-refractivity contribution in [3.8, 4) is 0 Å². The summed E-state index contributed by atoms with van der Waals surface area (Å²) >= 11 is 0. The van der Waals surface area contributed by atoms with E-state index in [1.165, 1.54) is 13.8 Å². The van der Waals surface area contributed by atoms with E-state index in [2.05, 4.69) is 146 Å². The van der Waals surface area contributed by atoms with E-state index in [9.17, 15) is 53.4 Å². The van der Waals surface area contributed by atoms with Crippen LogP contribution in [-0.4, -0.2) is 144 Å². The van der Waals surface area contributed by atoms with Crippen LogP contribution in [0, 0.1) is 0 Å². The van der Waals surface area contributed by atoms with Crippen molar-refractivity contribution in [2.75, 3.05) is 0 Å². The van der Waals surface area contributed by atoms with E-state index in [-0.39, 0.29) is 50.9 Å².